The lowest BCUT2D eigenvalue weighted by Gasteiger charge is -1.98. The maximum absolute atomic E-state index is 3.37. The molecular formula is C14H17NS. The molecule has 0 atom stereocenters. The van der Waals surface area contributed by atoms with E-state index < -0.39 is 0 Å². The second kappa shape index (κ2) is 5.28. The van der Waals surface area contributed by atoms with Crippen molar-refractivity contribution in [3.05, 3.63) is 46.8 Å². The third-order valence-corrected chi connectivity index (χ3v) is 3.84. The predicted octanol–water partition coefficient (Wildman–Crippen LogP) is 3.83. The molecule has 0 radical (unpaired) electrons. The second-order valence-corrected chi connectivity index (χ2v) is 5.01. The van der Waals surface area contributed by atoms with Crippen LogP contribution in [0, 0.1) is 6.92 Å². The fourth-order valence-electron chi connectivity index (χ4n) is 1.76. The molecule has 2 rings (SSSR count). The Morgan fingerprint density at radius 2 is 1.94 bits per heavy atom. The third kappa shape index (κ3) is 2.52. The third-order valence-electron chi connectivity index (χ3n) is 2.55. The summed E-state index contributed by atoms with van der Waals surface area (Å²) in [5, 5.41) is 3.37. The number of hydrogen-bond acceptors (Lipinski definition) is 2. The highest BCUT2D eigenvalue weighted by atomic mass is 32.1. The van der Waals surface area contributed by atoms with Gasteiger partial charge in [0.15, 0.2) is 0 Å². The van der Waals surface area contributed by atoms with Gasteiger partial charge in [0, 0.05) is 16.3 Å². The van der Waals surface area contributed by atoms with Gasteiger partial charge in [-0.1, -0.05) is 37.3 Å². The molecule has 0 spiro atoms. The van der Waals surface area contributed by atoms with Crippen molar-refractivity contribution < 1.29 is 0 Å². The van der Waals surface area contributed by atoms with E-state index in [-0.39, 0.29) is 0 Å². The van der Waals surface area contributed by atoms with Crippen molar-refractivity contribution in [2.75, 3.05) is 6.54 Å². The van der Waals surface area contributed by atoms with Crippen LogP contribution in [0.15, 0.2) is 36.4 Å². The molecule has 2 aromatic rings. The monoisotopic (exact) mass is 231 g/mol. The molecule has 1 heterocycles. The van der Waals surface area contributed by atoms with Gasteiger partial charge in [0.25, 0.3) is 0 Å². The number of benzene rings is 1. The summed E-state index contributed by atoms with van der Waals surface area (Å²) in [4.78, 5) is 2.81. The summed E-state index contributed by atoms with van der Waals surface area (Å²) in [5.74, 6) is 0. The Labute approximate surface area is 101 Å². The fourth-order valence-corrected chi connectivity index (χ4v) is 2.91. The summed E-state index contributed by atoms with van der Waals surface area (Å²) < 4.78 is 0. The van der Waals surface area contributed by atoms with E-state index in [0.717, 1.165) is 13.1 Å². The van der Waals surface area contributed by atoms with E-state index >= 15 is 0 Å². The highest BCUT2D eigenvalue weighted by Gasteiger charge is 2.06. The molecule has 0 unspecified atom stereocenters. The van der Waals surface area contributed by atoms with E-state index in [0.29, 0.717) is 0 Å². The Bertz CT molecular complexity index is 445. The molecule has 0 saturated heterocycles. The molecule has 2 heteroatoms. The predicted molar refractivity (Wildman–Crippen MR) is 71.9 cm³/mol. The van der Waals surface area contributed by atoms with Crippen molar-refractivity contribution in [3.63, 3.8) is 0 Å². The maximum Gasteiger partial charge on any atom is 0.0375 e. The molecule has 84 valence electrons. The summed E-state index contributed by atoms with van der Waals surface area (Å²) in [5.41, 5.74) is 2.71. The van der Waals surface area contributed by atoms with E-state index in [1.54, 1.807) is 0 Å². The van der Waals surface area contributed by atoms with E-state index in [9.17, 15) is 0 Å². The highest BCUT2D eigenvalue weighted by Crippen LogP contribution is 2.31. The zero-order valence-corrected chi connectivity index (χ0v) is 10.6. The van der Waals surface area contributed by atoms with E-state index in [2.05, 4.69) is 55.6 Å². The topological polar surface area (TPSA) is 12.0 Å². The molecule has 0 fully saturated rings. The molecule has 0 aliphatic carbocycles. The minimum absolute atomic E-state index is 0.981. The number of hydrogen-bond donors (Lipinski definition) is 1. The molecule has 0 aliphatic rings. The summed E-state index contributed by atoms with van der Waals surface area (Å²) in [6.45, 7) is 6.33. The van der Waals surface area contributed by atoms with Crippen molar-refractivity contribution in [2.45, 2.75) is 20.4 Å². The minimum Gasteiger partial charge on any atom is -0.312 e. The zero-order chi connectivity index (χ0) is 11.4. The van der Waals surface area contributed by atoms with Gasteiger partial charge in [-0.05, 0) is 30.7 Å². The molecule has 1 N–H and O–H groups in total. The largest absolute Gasteiger partial charge is 0.312 e. The summed E-state index contributed by atoms with van der Waals surface area (Å²) in [6.07, 6.45) is 0. The average molecular weight is 231 g/mol. The van der Waals surface area contributed by atoms with E-state index in [4.69, 9.17) is 0 Å². The summed E-state index contributed by atoms with van der Waals surface area (Å²) in [6, 6.07) is 12.9. The standard InChI is InChI=1S/C14H17NS/c1-3-15-10-13-9-11(2)14(16-13)12-7-5-4-6-8-12/h4-9,15H,3,10H2,1-2H3. The van der Waals surface area contributed by atoms with Crippen LogP contribution >= 0.6 is 11.3 Å². The summed E-state index contributed by atoms with van der Waals surface area (Å²) in [7, 11) is 0. The first-order valence-electron chi connectivity index (χ1n) is 5.66. The molecule has 1 nitrogen and oxygen atoms in total. The molecule has 16 heavy (non-hydrogen) atoms. The van der Waals surface area contributed by atoms with Gasteiger partial charge >= 0.3 is 0 Å². The molecule has 1 aromatic carbocycles. The Kier molecular flexibility index (Phi) is 3.75. The van der Waals surface area contributed by atoms with Crippen molar-refractivity contribution in [2.24, 2.45) is 0 Å². The molecule has 1 aromatic heterocycles. The van der Waals surface area contributed by atoms with Crippen LogP contribution in [0.2, 0.25) is 0 Å². The van der Waals surface area contributed by atoms with Gasteiger partial charge in [-0.2, -0.15) is 0 Å². The molecule has 0 bridgehead atoms. The Morgan fingerprint density at radius 3 is 2.62 bits per heavy atom. The smallest absolute Gasteiger partial charge is 0.0375 e. The Balaban J connectivity index is 2.25. The molecule has 0 saturated carbocycles. The van der Waals surface area contributed by atoms with Crippen molar-refractivity contribution >= 4 is 11.3 Å². The van der Waals surface area contributed by atoms with Crippen LogP contribution in [0.4, 0.5) is 0 Å². The first-order valence-corrected chi connectivity index (χ1v) is 6.48. The van der Waals surface area contributed by atoms with Gasteiger partial charge in [0.2, 0.25) is 0 Å². The number of thiophene rings is 1. The minimum atomic E-state index is 0.981. The van der Waals surface area contributed by atoms with Gasteiger partial charge in [-0.15, -0.1) is 11.3 Å². The van der Waals surface area contributed by atoms with Gasteiger partial charge < -0.3 is 5.32 Å². The van der Waals surface area contributed by atoms with Crippen LogP contribution < -0.4 is 5.32 Å². The van der Waals surface area contributed by atoms with Crippen molar-refractivity contribution in [3.8, 4) is 10.4 Å². The van der Waals surface area contributed by atoms with E-state index in [1.165, 1.54) is 20.9 Å². The van der Waals surface area contributed by atoms with Crippen LogP contribution in [0.5, 0.6) is 0 Å². The zero-order valence-electron chi connectivity index (χ0n) is 9.79. The normalized spacial score (nSPS) is 10.6. The highest BCUT2D eigenvalue weighted by molar-refractivity contribution is 7.15. The van der Waals surface area contributed by atoms with Gasteiger partial charge in [-0.25, -0.2) is 0 Å². The van der Waals surface area contributed by atoms with Gasteiger partial charge in [0.1, 0.15) is 0 Å². The lowest BCUT2D eigenvalue weighted by Crippen LogP contribution is -2.10. The first kappa shape index (κ1) is 11.4. The van der Waals surface area contributed by atoms with Crippen molar-refractivity contribution in [1.29, 1.82) is 0 Å². The van der Waals surface area contributed by atoms with Crippen LogP contribution in [-0.4, -0.2) is 6.54 Å². The molecular weight excluding hydrogens is 214 g/mol. The number of nitrogens with one attached hydrogen (secondary N) is 1. The van der Waals surface area contributed by atoms with Crippen LogP contribution in [-0.2, 0) is 6.54 Å². The number of rotatable bonds is 4. The van der Waals surface area contributed by atoms with Crippen LogP contribution in [0.3, 0.4) is 0 Å². The lowest BCUT2D eigenvalue weighted by molar-refractivity contribution is 0.735. The number of aryl methyl sites for hydroxylation is 1. The molecule has 0 aliphatic heterocycles. The average Bonchev–Trinajstić information content (AvgIpc) is 2.69. The maximum atomic E-state index is 3.37. The van der Waals surface area contributed by atoms with Gasteiger partial charge in [0.05, 0.1) is 0 Å². The van der Waals surface area contributed by atoms with Gasteiger partial charge in [-0.3, -0.25) is 0 Å². The van der Waals surface area contributed by atoms with E-state index in [1.807, 2.05) is 11.3 Å². The fraction of sp³-hybridized carbons (Fsp3) is 0.286. The first-order chi connectivity index (χ1) is 7.81. The lowest BCUT2D eigenvalue weighted by atomic mass is 10.1. The molecule has 0 amide bonds. The Hall–Kier alpha value is -1.12. The second-order valence-electron chi connectivity index (χ2n) is 3.87. The SMILES string of the molecule is CCNCc1cc(C)c(-c2ccccc2)s1. The quantitative estimate of drug-likeness (QED) is 0.843. The summed E-state index contributed by atoms with van der Waals surface area (Å²) >= 11 is 1.89. The van der Waals surface area contributed by atoms with Crippen molar-refractivity contribution in [1.82, 2.24) is 5.32 Å². The van der Waals surface area contributed by atoms with Crippen LogP contribution in [0.25, 0.3) is 10.4 Å². The Morgan fingerprint density at radius 1 is 1.19 bits per heavy atom. The van der Waals surface area contributed by atoms with Crippen LogP contribution in [0.1, 0.15) is 17.4 Å².